The molecule has 0 aliphatic heterocycles. The van der Waals surface area contributed by atoms with E-state index in [1.54, 1.807) is 6.20 Å². The van der Waals surface area contributed by atoms with Gasteiger partial charge in [-0.3, -0.25) is 4.98 Å². The highest BCUT2D eigenvalue weighted by Gasteiger charge is 2.02. The molecule has 0 fully saturated rings. The highest BCUT2D eigenvalue weighted by Crippen LogP contribution is 2.04. The molecular formula is C15H24N2O2. The third-order valence-corrected chi connectivity index (χ3v) is 2.68. The molecule has 1 heterocycles. The summed E-state index contributed by atoms with van der Waals surface area (Å²) in [5.41, 5.74) is 1.27. The Bertz CT molecular complexity index is 352. The van der Waals surface area contributed by atoms with Crippen LogP contribution >= 0.6 is 0 Å². The number of pyridine rings is 1. The second kappa shape index (κ2) is 9.36. The van der Waals surface area contributed by atoms with Gasteiger partial charge in [-0.1, -0.05) is 26.3 Å². The Balaban J connectivity index is 1.95. The lowest BCUT2D eigenvalue weighted by Gasteiger charge is -2.08. The van der Waals surface area contributed by atoms with E-state index >= 15 is 0 Å². The number of alkyl carbamates (subject to hydrolysis) is 1. The second-order valence-corrected chi connectivity index (χ2v) is 5.09. The maximum absolute atomic E-state index is 11.3. The Morgan fingerprint density at radius 1 is 1.37 bits per heavy atom. The van der Waals surface area contributed by atoms with Crippen molar-refractivity contribution in [2.75, 3.05) is 13.2 Å². The molecule has 1 aromatic heterocycles. The standard InChI is InChI=1S/C15H24N2O2/c1-13(2)12-19-15(18)17-10-5-3-4-7-14-8-6-9-16-11-14/h6,8-9,11,13H,3-5,7,10,12H2,1-2H3,(H,17,18). The van der Waals surface area contributed by atoms with Crippen molar-refractivity contribution in [1.82, 2.24) is 10.3 Å². The molecule has 4 heteroatoms. The summed E-state index contributed by atoms with van der Waals surface area (Å²) < 4.78 is 5.02. The molecule has 1 aromatic rings. The third kappa shape index (κ3) is 8.19. The fraction of sp³-hybridized carbons (Fsp3) is 0.600. The van der Waals surface area contributed by atoms with Crippen molar-refractivity contribution in [1.29, 1.82) is 0 Å². The normalized spacial score (nSPS) is 10.5. The maximum atomic E-state index is 11.3. The highest BCUT2D eigenvalue weighted by molar-refractivity contribution is 5.66. The Labute approximate surface area is 115 Å². The fourth-order valence-electron chi connectivity index (χ4n) is 1.66. The first kappa shape index (κ1) is 15.5. The number of nitrogens with zero attached hydrogens (tertiary/aromatic N) is 1. The van der Waals surface area contributed by atoms with Crippen molar-refractivity contribution < 1.29 is 9.53 Å². The number of carbonyl (C=O) groups excluding carboxylic acids is 1. The van der Waals surface area contributed by atoms with Crippen LogP contribution in [0.5, 0.6) is 0 Å². The maximum Gasteiger partial charge on any atom is 0.407 e. The molecule has 1 N–H and O–H groups in total. The first-order valence-corrected chi connectivity index (χ1v) is 6.98. The topological polar surface area (TPSA) is 51.2 Å². The lowest BCUT2D eigenvalue weighted by Crippen LogP contribution is -2.26. The van der Waals surface area contributed by atoms with Gasteiger partial charge in [0, 0.05) is 18.9 Å². The van der Waals surface area contributed by atoms with E-state index in [-0.39, 0.29) is 6.09 Å². The number of unbranched alkanes of at least 4 members (excludes halogenated alkanes) is 2. The van der Waals surface area contributed by atoms with Crippen molar-refractivity contribution in [2.24, 2.45) is 5.92 Å². The Hall–Kier alpha value is -1.58. The predicted octanol–water partition coefficient (Wildman–Crippen LogP) is 3.18. The van der Waals surface area contributed by atoms with Crippen molar-refractivity contribution in [3.8, 4) is 0 Å². The lowest BCUT2D eigenvalue weighted by molar-refractivity contribution is 0.133. The SMILES string of the molecule is CC(C)COC(=O)NCCCCCc1cccnc1. The van der Waals surface area contributed by atoms with Crippen molar-refractivity contribution >= 4 is 6.09 Å². The van der Waals surface area contributed by atoms with Crippen molar-refractivity contribution in [3.63, 3.8) is 0 Å². The lowest BCUT2D eigenvalue weighted by atomic mass is 10.1. The van der Waals surface area contributed by atoms with Gasteiger partial charge >= 0.3 is 6.09 Å². The van der Waals surface area contributed by atoms with E-state index in [1.807, 2.05) is 26.1 Å². The van der Waals surface area contributed by atoms with Gasteiger partial charge in [0.25, 0.3) is 0 Å². The molecule has 0 aliphatic carbocycles. The Morgan fingerprint density at radius 3 is 2.89 bits per heavy atom. The van der Waals surface area contributed by atoms with Gasteiger partial charge in [-0.2, -0.15) is 0 Å². The van der Waals surface area contributed by atoms with Crippen LogP contribution in [0, 0.1) is 5.92 Å². The highest BCUT2D eigenvalue weighted by atomic mass is 16.5. The first-order chi connectivity index (χ1) is 9.18. The molecule has 0 saturated carbocycles. The van der Waals surface area contributed by atoms with E-state index in [1.165, 1.54) is 5.56 Å². The van der Waals surface area contributed by atoms with Gasteiger partial charge < -0.3 is 10.1 Å². The van der Waals surface area contributed by atoms with Crippen LogP contribution in [0.25, 0.3) is 0 Å². The summed E-state index contributed by atoms with van der Waals surface area (Å²) in [6.07, 6.45) is 7.63. The minimum absolute atomic E-state index is 0.305. The minimum atomic E-state index is -0.305. The van der Waals surface area contributed by atoms with Gasteiger partial charge in [0.1, 0.15) is 0 Å². The molecule has 4 nitrogen and oxygen atoms in total. The smallest absolute Gasteiger partial charge is 0.407 e. The predicted molar refractivity (Wildman–Crippen MR) is 76.0 cm³/mol. The van der Waals surface area contributed by atoms with Crippen LogP contribution in [0.4, 0.5) is 4.79 Å². The molecule has 0 spiro atoms. The quantitative estimate of drug-likeness (QED) is 0.734. The summed E-state index contributed by atoms with van der Waals surface area (Å²) in [7, 11) is 0. The summed E-state index contributed by atoms with van der Waals surface area (Å²) in [4.78, 5) is 15.3. The summed E-state index contributed by atoms with van der Waals surface area (Å²) in [5, 5.41) is 2.76. The largest absolute Gasteiger partial charge is 0.449 e. The number of ether oxygens (including phenoxy) is 1. The van der Waals surface area contributed by atoms with E-state index in [4.69, 9.17) is 4.74 Å². The molecule has 0 saturated heterocycles. The average Bonchev–Trinajstić information content (AvgIpc) is 2.41. The summed E-state index contributed by atoms with van der Waals surface area (Å²) >= 11 is 0. The average molecular weight is 264 g/mol. The zero-order chi connectivity index (χ0) is 13.9. The Kier molecular flexibility index (Phi) is 7.63. The Morgan fingerprint density at radius 2 is 2.21 bits per heavy atom. The van der Waals surface area contributed by atoms with Gasteiger partial charge in [-0.15, -0.1) is 0 Å². The molecule has 0 aromatic carbocycles. The van der Waals surface area contributed by atoms with E-state index in [2.05, 4.69) is 16.4 Å². The molecule has 106 valence electrons. The molecule has 1 rings (SSSR count). The minimum Gasteiger partial charge on any atom is -0.449 e. The van der Waals surface area contributed by atoms with Crippen LogP contribution in [0.2, 0.25) is 0 Å². The number of aryl methyl sites for hydroxylation is 1. The fourth-order valence-corrected chi connectivity index (χ4v) is 1.66. The van der Waals surface area contributed by atoms with Gasteiger partial charge in [-0.25, -0.2) is 4.79 Å². The van der Waals surface area contributed by atoms with E-state index in [0.717, 1.165) is 25.7 Å². The van der Waals surface area contributed by atoms with Crippen LogP contribution in [-0.2, 0) is 11.2 Å². The number of nitrogens with one attached hydrogen (secondary N) is 1. The van der Waals surface area contributed by atoms with E-state index in [9.17, 15) is 4.79 Å². The number of hydrogen-bond donors (Lipinski definition) is 1. The molecule has 1 amide bonds. The van der Waals surface area contributed by atoms with Gasteiger partial charge in [0.05, 0.1) is 6.61 Å². The number of amides is 1. The molecular weight excluding hydrogens is 240 g/mol. The van der Waals surface area contributed by atoms with Crippen molar-refractivity contribution in [3.05, 3.63) is 30.1 Å². The van der Waals surface area contributed by atoms with Crippen molar-refractivity contribution in [2.45, 2.75) is 39.5 Å². The van der Waals surface area contributed by atoms with Gasteiger partial charge in [-0.05, 0) is 36.8 Å². The van der Waals surface area contributed by atoms with Crippen LogP contribution in [0.3, 0.4) is 0 Å². The number of carbonyl (C=O) groups is 1. The van der Waals surface area contributed by atoms with E-state index in [0.29, 0.717) is 19.1 Å². The summed E-state index contributed by atoms with van der Waals surface area (Å²) in [5.74, 6) is 0.380. The second-order valence-electron chi connectivity index (χ2n) is 5.09. The monoisotopic (exact) mass is 264 g/mol. The third-order valence-electron chi connectivity index (χ3n) is 2.68. The molecule has 0 radical (unpaired) electrons. The van der Waals surface area contributed by atoms with Gasteiger partial charge in [0.2, 0.25) is 0 Å². The molecule has 0 unspecified atom stereocenters. The first-order valence-electron chi connectivity index (χ1n) is 6.98. The van der Waals surface area contributed by atoms with Crippen LogP contribution in [0.1, 0.15) is 38.7 Å². The number of hydrogen-bond acceptors (Lipinski definition) is 3. The number of aromatic nitrogens is 1. The molecule has 19 heavy (non-hydrogen) atoms. The zero-order valence-electron chi connectivity index (χ0n) is 11.9. The summed E-state index contributed by atoms with van der Waals surface area (Å²) in [6.45, 7) is 5.20. The van der Waals surface area contributed by atoms with Crippen LogP contribution in [-0.4, -0.2) is 24.2 Å². The van der Waals surface area contributed by atoms with Crippen LogP contribution in [0.15, 0.2) is 24.5 Å². The van der Waals surface area contributed by atoms with Crippen LogP contribution < -0.4 is 5.32 Å². The van der Waals surface area contributed by atoms with Gasteiger partial charge in [0.15, 0.2) is 0 Å². The zero-order valence-corrected chi connectivity index (χ0v) is 11.9. The molecule has 0 aliphatic rings. The number of rotatable bonds is 8. The summed E-state index contributed by atoms with van der Waals surface area (Å²) in [6, 6.07) is 4.05. The molecule has 0 bridgehead atoms. The molecule has 0 atom stereocenters. The van der Waals surface area contributed by atoms with E-state index < -0.39 is 0 Å².